The number of aliphatic imine (C=N–C) groups is 1. The van der Waals surface area contributed by atoms with Gasteiger partial charge in [0.15, 0.2) is 11.8 Å². The number of aryl methyl sites for hydroxylation is 3. The lowest BCUT2D eigenvalue weighted by atomic mass is 10.1. The molecule has 3 aromatic rings. The Morgan fingerprint density at radius 2 is 1.84 bits per heavy atom. The zero-order valence-corrected chi connectivity index (χ0v) is 21.8. The smallest absolute Gasteiger partial charge is 0.191 e. The van der Waals surface area contributed by atoms with Crippen molar-refractivity contribution in [3.63, 3.8) is 0 Å². The van der Waals surface area contributed by atoms with Gasteiger partial charge in [0.25, 0.3) is 0 Å². The Morgan fingerprint density at radius 3 is 2.47 bits per heavy atom. The van der Waals surface area contributed by atoms with Crippen molar-refractivity contribution in [3.8, 4) is 11.6 Å². The Morgan fingerprint density at radius 1 is 1.06 bits per heavy atom. The number of pyridine rings is 1. The fraction of sp³-hybridized carbons (Fsp3) is 0.375. The number of rotatable bonds is 8. The molecule has 0 amide bonds. The molecule has 2 heterocycles. The van der Waals surface area contributed by atoms with Crippen molar-refractivity contribution in [3.05, 3.63) is 70.7 Å². The van der Waals surface area contributed by atoms with Crippen LogP contribution in [-0.4, -0.2) is 40.9 Å². The lowest BCUT2D eigenvalue weighted by Gasteiger charge is -2.12. The monoisotopic (exact) mass is 548 g/mol. The van der Waals surface area contributed by atoms with E-state index in [2.05, 4.69) is 52.8 Å². The number of hydrogen-bond donors (Lipinski definition) is 2. The van der Waals surface area contributed by atoms with Gasteiger partial charge in [-0.3, -0.25) is 0 Å². The minimum absolute atomic E-state index is 0. The van der Waals surface area contributed by atoms with Crippen LogP contribution < -0.4 is 15.4 Å². The van der Waals surface area contributed by atoms with Crippen molar-refractivity contribution >= 4 is 29.9 Å². The quantitative estimate of drug-likeness (QED) is 0.252. The number of aromatic nitrogens is 3. The van der Waals surface area contributed by atoms with E-state index in [1.54, 1.807) is 7.11 Å². The summed E-state index contributed by atoms with van der Waals surface area (Å²) in [6.07, 6.45) is 2.75. The fourth-order valence-corrected chi connectivity index (χ4v) is 3.35. The second-order valence-electron chi connectivity index (χ2n) is 7.54. The SMILES string of the molecule is CCNC(=NCc1ccc(-n2nc(C)cc2C)nc1)NCCc1ccc(C)c(OC)c1.I. The van der Waals surface area contributed by atoms with Crippen LogP contribution in [0.25, 0.3) is 5.82 Å². The maximum Gasteiger partial charge on any atom is 0.191 e. The van der Waals surface area contributed by atoms with E-state index < -0.39 is 0 Å². The van der Waals surface area contributed by atoms with Crippen molar-refractivity contribution in [1.82, 2.24) is 25.4 Å². The molecule has 0 unspecified atom stereocenters. The van der Waals surface area contributed by atoms with Crippen LogP contribution in [0.3, 0.4) is 0 Å². The Balaban J connectivity index is 0.00000363. The van der Waals surface area contributed by atoms with Crippen molar-refractivity contribution in [2.75, 3.05) is 20.2 Å². The minimum Gasteiger partial charge on any atom is -0.496 e. The van der Waals surface area contributed by atoms with Gasteiger partial charge in [0, 0.05) is 25.0 Å². The standard InChI is InChI=1S/C24H32N6O.HI/c1-6-25-24(26-12-11-20-8-7-17(2)22(14-20)31-5)28-16-21-9-10-23(27-15-21)30-19(4)13-18(3)29-30;/h7-10,13-15H,6,11-12,16H2,1-5H3,(H2,25,26,28);1H. The van der Waals surface area contributed by atoms with Gasteiger partial charge in [-0.05, 0) is 69.0 Å². The Kier molecular flexibility index (Phi) is 9.96. The molecule has 8 heteroatoms. The first-order valence-corrected chi connectivity index (χ1v) is 10.6. The highest BCUT2D eigenvalue weighted by molar-refractivity contribution is 14.0. The predicted octanol–water partition coefficient (Wildman–Crippen LogP) is 4.12. The predicted molar refractivity (Wildman–Crippen MR) is 141 cm³/mol. The molecule has 0 saturated heterocycles. The van der Waals surface area contributed by atoms with Crippen LogP contribution in [-0.2, 0) is 13.0 Å². The van der Waals surface area contributed by atoms with E-state index in [0.29, 0.717) is 6.54 Å². The molecule has 0 aliphatic heterocycles. The van der Waals surface area contributed by atoms with Gasteiger partial charge in [-0.2, -0.15) is 5.10 Å². The van der Waals surface area contributed by atoms with Gasteiger partial charge in [-0.15, -0.1) is 24.0 Å². The third-order valence-electron chi connectivity index (χ3n) is 4.98. The van der Waals surface area contributed by atoms with Crippen LogP contribution in [0.1, 0.15) is 35.0 Å². The van der Waals surface area contributed by atoms with Gasteiger partial charge in [-0.25, -0.2) is 14.7 Å². The lowest BCUT2D eigenvalue weighted by Crippen LogP contribution is -2.38. The van der Waals surface area contributed by atoms with Gasteiger partial charge in [-0.1, -0.05) is 18.2 Å². The van der Waals surface area contributed by atoms with E-state index in [0.717, 1.165) is 59.6 Å². The summed E-state index contributed by atoms with van der Waals surface area (Å²) in [4.78, 5) is 9.24. The summed E-state index contributed by atoms with van der Waals surface area (Å²) in [5, 5.41) is 11.2. The fourth-order valence-electron chi connectivity index (χ4n) is 3.35. The van der Waals surface area contributed by atoms with E-state index in [4.69, 9.17) is 9.73 Å². The third kappa shape index (κ3) is 6.94. The highest BCUT2D eigenvalue weighted by Gasteiger charge is 2.05. The number of hydrogen-bond acceptors (Lipinski definition) is 4. The number of guanidine groups is 1. The molecule has 2 aromatic heterocycles. The molecule has 172 valence electrons. The van der Waals surface area contributed by atoms with Crippen molar-refractivity contribution in [1.29, 1.82) is 0 Å². The molecular weight excluding hydrogens is 515 g/mol. The van der Waals surface area contributed by atoms with E-state index in [1.807, 2.05) is 42.9 Å². The lowest BCUT2D eigenvalue weighted by molar-refractivity contribution is 0.411. The molecule has 0 bridgehead atoms. The van der Waals surface area contributed by atoms with Crippen molar-refractivity contribution in [2.45, 2.75) is 40.7 Å². The van der Waals surface area contributed by atoms with Crippen LogP contribution in [0.15, 0.2) is 47.6 Å². The van der Waals surface area contributed by atoms with E-state index in [1.165, 1.54) is 5.56 Å². The molecule has 0 fully saturated rings. The topological polar surface area (TPSA) is 76.4 Å². The first-order chi connectivity index (χ1) is 15.0. The molecule has 2 N–H and O–H groups in total. The maximum absolute atomic E-state index is 5.42. The number of ether oxygens (including phenoxy) is 1. The van der Waals surface area contributed by atoms with Crippen LogP contribution in [0.2, 0.25) is 0 Å². The average molecular weight is 548 g/mol. The molecule has 0 spiro atoms. The molecule has 1 aromatic carbocycles. The van der Waals surface area contributed by atoms with Gasteiger partial charge >= 0.3 is 0 Å². The minimum atomic E-state index is 0. The molecular formula is C24H33IN6O. The summed E-state index contributed by atoms with van der Waals surface area (Å²) < 4.78 is 7.27. The van der Waals surface area contributed by atoms with Gasteiger partial charge < -0.3 is 15.4 Å². The zero-order chi connectivity index (χ0) is 22.2. The largest absolute Gasteiger partial charge is 0.496 e. The number of nitrogens with one attached hydrogen (secondary N) is 2. The molecule has 3 rings (SSSR count). The molecule has 32 heavy (non-hydrogen) atoms. The van der Waals surface area contributed by atoms with Gasteiger partial charge in [0.2, 0.25) is 0 Å². The van der Waals surface area contributed by atoms with E-state index in [-0.39, 0.29) is 24.0 Å². The first kappa shape index (κ1) is 25.6. The second kappa shape index (κ2) is 12.4. The summed E-state index contributed by atoms with van der Waals surface area (Å²) in [7, 11) is 1.71. The highest BCUT2D eigenvalue weighted by Crippen LogP contribution is 2.19. The molecule has 0 aliphatic rings. The number of nitrogens with zero attached hydrogens (tertiary/aromatic N) is 4. The number of methoxy groups -OCH3 is 1. The summed E-state index contributed by atoms with van der Waals surface area (Å²) in [6.45, 7) is 10.3. The third-order valence-corrected chi connectivity index (χ3v) is 4.98. The Labute approximate surface area is 207 Å². The summed E-state index contributed by atoms with van der Waals surface area (Å²) in [6, 6.07) is 12.4. The van der Waals surface area contributed by atoms with Crippen LogP contribution in [0.4, 0.5) is 0 Å². The van der Waals surface area contributed by atoms with Crippen LogP contribution in [0, 0.1) is 20.8 Å². The van der Waals surface area contributed by atoms with Gasteiger partial charge in [0.05, 0.1) is 19.3 Å². The first-order valence-electron chi connectivity index (χ1n) is 10.6. The van der Waals surface area contributed by atoms with Crippen LogP contribution in [0.5, 0.6) is 5.75 Å². The van der Waals surface area contributed by atoms with Crippen molar-refractivity contribution < 1.29 is 4.74 Å². The number of halogens is 1. The Hall–Kier alpha value is -2.62. The summed E-state index contributed by atoms with van der Waals surface area (Å²) in [5.41, 5.74) is 5.48. The zero-order valence-electron chi connectivity index (χ0n) is 19.5. The molecule has 0 atom stereocenters. The highest BCUT2D eigenvalue weighted by atomic mass is 127. The number of benzene rings is 1. The summed E-state index contributed by atoms with van der Waals surface area (Å²) in [5.74, 6) is 2.54. The molecule has 7 nitrogen and oxygen atoms in total. The van der Waals surface area contributed by atoms with E-state index in [9.17, 15) is 0 Å². The van der Waals surface area contributed by atoms with Gasteiger partial charge in [0.1, 0.15) is 5.75 Å². The Bertz CT molecular complexity index is 1030. The average Bonchev–Trinajstić information content (AvgIpc) is 3.11. The van der Waals surface area contributed by atoms with Crippen molar-refractivity contribution in [2.24, 2.45) is 4.99 Å². The normalized spacial score (nSPS) is 11.1. The molecule has 0 aliphatic carbocycles. The van der Waals surface area contributed by atoms with E-state index >= 15 is 0 Å². The van der Waals surface area contributed by atoms with Crippen LogP contribution >= 0.6 is 24.0 Å². The molecule has 0 saturated carbocycles. The summed E-state index contributed by atoms with van der Waals surface area (Å²) >= 11 is 0. The maximum atomic E-state index is 5.42. The molecule has 0 radical (unpaired) electrons. The second-order valence-corrected chi connectivity index (χ2v) is 7.54.